The van der Waals surface area contributed by atoms with Crippen molar-refractivity contribution in [2.24, 2.45) is 0 Å². The highest BCUT2D eigenvalue weighted by Gasteiger charge is 2.11. The highest BCUT2D eigenvalue weighted by atomic mass is 16.6. The minimum atomic E-state index is -0.376. The quantitative estimate of drug-likeness (QED) is 0.459. The monoisotopic (exact) mass is 347 g/mol. The number of nitrogens with one attached hydrogen (secondary N) is 1. The number of hydrogen-bond donors (Lipinski definition) is 1. The van der Waals surface area contributed by atoms with E-state index < -0.39 is 0 Å². The Balaban J connectivity index is 3.56. The van der Waals surface area contributed by atoms with Crippen molar-refractivity contribution >= 4 is 6.09 Å². The van der Waals surface area contributed by atoms with Crippen molar-refractivity contribution in [3.05, 3.63) is 0 Å². The lowest BCUT2D eigenvalue weighted by atomic mass is 10.1. The molecule has 6 nitrogen and oxygen atoms in total. The van der Waals surface area contributed by atoms with Crippen molar-refractivity contribution in [2.75, 3.05) is 33.5 Å². The normalized spacial score (nSPS) is 14.9. The number of amides is 1. The molecule has 24 heavy (non-hydrogen) atoms. The fourth-order valence-electron chi connectivity index (χ4n) is 1.93. The van der Waals surface area contributed by atoms with Crippen LogP contribution in [0.15, 0.2) is 0 Å². The fraction of sp³-hybridized carbons (Fsp3) is 0.944. The average molecular weight is 347 g/mol. The van der Waals surface area contributed by atoms with E-state index in [9.17, 15) is 4.79 Å². The summed E-state index contributed by atoms with van der Waals surface area (Å²) in [4.78, 5) is 11.6. The molecule has 0 aromatic rings. The smallest absolute Gasteiger partial charge is 0.407 e. The molecule has 1 amide bonds. The summed E-state index contributed by atoms with van der Waals surface area (Å²) in [5.74, 6) is 0. The Morgan fingerprint density at radius 3 is 2.08 bits per heavy atom. The third-order valence-corrected chi connectivity index (χ3v) is 3.63. The first-order valence-electron chi connectivity index (χ1n) is 9.16. The van der Waals surface area contributed by atoms with Crippen molar-refractivity contribution < 1.29 is 23.7 Å². The molecule has 144 valence electrons. The molecule has 0 aromatic carbocycles. The van der Waals surface area contributed by atoms with Gasteiger partial charge in [0.25, 0.3) is 0 Å². The maximum absolute atomic E-state index is 11.6. The first-order valence-corrected chi connectivity index (χ1v) is 9.16. The molecule has 3 unspecified atom stereocenters. The molecule has 6 heteroatoms. The highest BCUT2D eigenvalue weighted by molar-refractivity contribution is 5.67. The fourth-order valence-corrected chi connectivity index (χ4v) is 1.93. The van der Waals surface area contributed by atoms with Crippen molar-refractivity contribution in [1.29, 1.82) is 0 Å². The molecule has 0 saturated carbocycles. The third-order valence-electron chi connectivity index (χ3n) is 3.63. The van der Waals surface area contributed by atoms with Gasteiger partial charge in [-0.05, 0) is 27.2 Å². The molecular weight excluding hydrogens is 310 g/mol. The van der Waals surface area contributed by atoms with Crippen LogP contribution in [0, 0.1) is 0 Å². The van der Waals surface area contributed by atoms with E-state index in [0.717, 1.165) is 12.8 Å². The predicted octanol–water partition coefficient (Wildman–Crippen LogP) is 3.53. The Kier molecular flexibility index (Phi) is 15.1. The van der Waals surface area contributed by atoms with E-state index in [1.165, 1.54) is 19.3 Å². The molecule has 0 spiro atoms. The SMILES string of the molecule is CCCCCCCNC(=O)OCC(C)OCC(C)OCC(C)OC. The van der Waals surface area contributed by atoms with E-state index in [1.807, 2.05) is 20.8 Å². The Hall–Kier alpha value is -0.850. The Morgan fingerprint density at radius 2 is 1.46 bits per heavy atom. The van der Waals surface area contributed by atoms with Crippen LogP contribution in [-0.4, -0.2) is 57.9 Å². The van der Waals surface area contributed by atoms with Crippen LogP contribution < -0.4 is 5.32 Å². The Labute approximate surface area is 147 Å². The van der Waals surface area contributed by atoms with Gasteiger partial charge in [-0.3, -0.25) is 0 Å². The van der Waals surface area contributed by atoms with Crippen molar-refractivity contribution in [3.8, 4) is 0 Å². The van der Waals surface area contributed by atoms with Gasteiger partial charge in [-0.2, -0.15) is 0 Å². The maximum atomic E-state index is 11.6. The molecule has 0 aliphatic carbocycles. The van der Waals surface area contributed by atoms with Crippen LogP contribution in [0.1, 0.15) is 59.8 Å². The third kappa shape index (κ3) is 14.7. The summed E-state index contributed by atoms with van der Waals surface area (Å²) in [5.41, 5.74) is 0. The number of unbranched alkanes of at least 4 members (excludes halogenated alkanes) is 4. The average Bonchev–Trinajstić information content (AvgIpc) is 2.58. The molecular formula is C18H37NO5. The van der Waals surface area contributed by atoms with Crippen LogP contribution in [0.5, 0.6) is 0 Å². The number of alkyl carbamates (subject to hydrolysis) is 1. The summed E-state index contributed by atoms with van der Waals surface area (Å²) in [5, 5.41) is 2.76. The largest absolute Gasteiger partial charge is 0.447 e. The minimum absolute atomic E-state index is 0.0259. The second kappa shape index (κ2) is 15.7. The molecule has 0 saturated heterocycles. The first-order chi connectivity index (χ1) is 11.5. The Morgan fingerprint density at radius 1 is 0.875 bits per heavy atom. The molecule has 0 radical (unpaired) electrons. The summed E-state index contributed by atoms with van der Waals surface area (Å²) in [6, 6.07) is 0. The molecule has 0 fully saturated rings. The molecule has 0 heterocycles. The lowest BCUT2D eigenvalue weighted by Crippen LogP contribution is -2.30. The van der Waals surface area contributed by atoms with Crippen molar-refractivity contribution in [2.45, 2.75) is 78.1 Å². The van der Waals surface area contributed by atoms with Crippen molar-refractivity contribution in [3.63, 3.8) is 0 Å². The van der Waals surface area contributed by atoms with Crippen LogP contribution in [-0.2, 0) is 18.9 Å². The number of ether oxygens (including phenoxy) is 4. The van der Waals surface area contributed by atoms with E-state index in [2.05, 4.69) is 12.2 Å². The van der Waals surface area contributed by atoms with E-state index >= 15 is 0 Å². The summed E-state index contributed by atoms with van der Waals surface area (Å²) in [7, 11) is 1.66. The van der Waals surface area contributed by atoms with Gasteiger partial charge in [0, 0.05) is 13.7 Å². The predicted molar refractivity (Wildman–Crippen MR) is 95.4 cm³/mol. The van der Waals surface area contributed by atoms with Crippen LogP contribution >= 0.6 is 0 Å². The zero-order chi connectivity index (χ0) is 18.2. The number of hydrogen-bond acceptors (Lipinski definition) is 5. The summed E-state index contributed by atoms with van der Waals surface area (Å²) in [6.45, 7) is 9.86. The lowest BCUT2D eigenvalue weighted by Gasteiger charge is -2.19. The molecule has 3 atom stereocenters. The molecule has 0 bridgehead atoms. The van der Waals surface area contributed by atoms with Gasteiger partial charge in [-0.25, -0.2) is 4.79 Å². The van der Waals surface area contributed by atoms with Gasteiger partial charge < -0.3 is 24.3 Å². The van der Waals surface area contributed by atoms with Gasteiger partial charge in [0.05, 0.1) is 31.5 Å². The number of rotatable bonds is 15. The van der Waals surface area contributed by atoms with Crippen molar-refractivity contribution in [1.82, 2.24) is 5.32 Å². The van der Waals surface area contributed by atoms with Gasteiger partial charge in [-0.15, -0.1) is 0 Å². The first kappa shape index (κ1) is 23.1. The van der Waals surface area contributed by atoms with E-state index in [-0.39, 0.29) is 31.0 Å². The van der Waals surface area contributed by atoms with E-state index in [1.54, 1.807) is 7.11 Å². The van der Waals surface area contributed by atoms with Gasteiger partial charge in [0.15, 0.2) is 0 Å². The van der Waals surface area contributed by atoms with Crippen LogP contribution in [0.3, 0.4) is 0 Å². The molecule has 0 aliphatic heterocycles. The van der Waals surface area contributed by atoms with E-state index in [4.69, 9.17) is 18.9 Å². The molecule has 1 N–H and O–H groups in total. The number of methoxy groups -OCH3 is 1. The number of carbonyl (C=O) groups is 1. The zero-order valence-corrected chi connectivity index (χ0v) is 16.1. The summed E-state index contributed by atoms with van der Waals surface area (Å²) < 4.78 is 21.5. The maximum Gasteiger partial charge on any atom is 0.407 e. The lowest BCUT2D eigenvalue weighted by molar-refractivity contribution is -0.0686. The minimum Gasteiger partial charge on any atom is -0.447 e. The summed E-state index contributed by atoms with van der Waals surface area (Å²) >= 11 is 0. The Bertz CT molecular complexity index is 301. The second-order valence-electron chi connectivity index (χ2n) is 6.27. The topological polar surface area (TPSA) is 66.0 Å². The van der Waals surface area contributed by atoms with Gasteiger partial charge in [0.2, 0.25) is 0 Å². The van der Waals surface area contributed by atoms with Gasteiger partial charge >= 0.3 is 6.09 Å². The zero-order valence-electron chi connectivity index (χ0n) is 16.1. The summed E-state index contributed by atoms with van der Waals surface area (Å²) in [6.07, 6.45) is 5.35. The molecule has 0 aliphatic rings. The molecule has 0 rings (SSSR count). The number of carbonyl (C=O) groups excluding carboxylic acids is 1. The molecule has 0 aromatic heterocycles. The van der Waals surface area contributed by atoms with Crippen LogP contribution in [0.2, 0.25) is 0 Å². The highest BCUT2D eigenvalue weighted by Crippen LogP contribution is 2.02. The standard InChI is InChI=1S/C18H37NO5/c1-6-7-8-9-10-11-19-18(20)24-14-17(4)23-13-16(3)22-12-15(2)21-5/h15-17H,6-14H2,1-5H3,(H,19,20). The van der Waals surface area contributed by atoms with E-state index in [0.29, 0.717) is 19.8 Å². The van der Waals surface area contributed by atoms with Gasteiger partial charge in [0.1, 0.15) is 6.61 Å². The van der Waals surface area contributed by atoms with Gasteiger partial charge in [-0.1, -0.05) is 32.6 Å². The van der Waals surface area contributed by atoms with Crippen LogP contribution in [0.4, 0.5) is 4.79 Å². The van der Waals surface area contributed by atoms with Crippen LogP contribution in [0.25, 0.3) is 0 Å². The second-order valence-corrected chi connectivity index (χ2v) is 6.27.